The quantitative estimate of drug-likeness (QED) is 0.0520. The van der Waals surface area contributed by atoms with Gasteiger partial charge in [-0.05, 0) is 25.7 Å². The van der Waals surface area contributed by atoms with Gasteiger partial charge in [0.05, 0.1) is 13.1 Å². The third-order valence-corrected chi connectivity index (χ3v) is 6.89. The van der Waals surface area contributed by atoms with Gasteiger partial charge in [-0.2, -0.15) is 0 Å². The molecule has 234 valence electrons. The number of unbranched alkanes of at least 4 members (excludes halogenated alkanes) is 3. The molecule has 21 N–H and O–H groups in total. The minimum Gasteiger partial charge on any atom is -0.870 e. The molecule has 0 amide bonds. The van der Waals surface area contributed by atoms with E-state index in [2.05, 4.69) is 0 Å². The third kappa shape index (κ3) is 51.0. The van der Waals surface area contributed by atoms with E-state index in [4.69, 9.17) is 19.6 Å². The van der Waals surface area contributed by atoms with E-state index in [-0.39, 0.29) is 112 Å². The van der Waals surface area contributed by atoms with E-state index in [1.807, 2.05) is 0 Å². The molecular formula is C10H41N2O20P4Sr-. The first-order chi connectivity index (χ1) is 12.4. The van der Waals surface area contributed by atoms with Gasteiger partial charge in [0.1, 0.15) is 25.1 Å². The largest absolute Gasteiger partial charge is 2.00 e. The molecule has 4 unspecified atom stereocenters. The van der Waals surface area contributed by atoms with Crippen LogP contribution in [0.2, 0.25) is 0 Å². The maximum absolute atomic E-state index is 10.9. The Morgan fingerprint density at radius 3 is 0.757 bits per heavy atom. The van der Waals surface area contributed by atoms with E-state index in [0.717, 1.165) is 0 Å². The van der Waals surface area contributed by atoms with Crippen LogP contribution in [0.15, 0.2) is 0 Å². The Kier molecular flexibility index (Phi) is 52.7. The summed E-state index contributed by atoms with van der Waals surface area (Å²) in [4.78, 5) is 78.9. The van der Waals surface area contributed by atoms with Gasteiger partial charge in [-0.25, -0.2) is 0 Å². The van der Waals surface area contributed by atoms with Crippen molar-refractivity contribution >= 4 is 75.9 Å². The van der Waals surface area contributed by atoms with Crippen molar-refractivity contribution in [2.75, 3.05) is 38.2 Å². The summed E-state index contributed by atoms with van der Waals surface area (Å²) in [5, 5.41) is 0. The molecule has 22 nitrogen and oxygen atoms in total. The third-order valence-electron chi connectivity index (χ3n) is 3.50. The summed E-state index contributed by atoms with van der Waals surface area (Å²) in [5.74, 6) is 0. The molecule has 0 aliphatic rings. The number of hydrogen-bond acceptors (Lipinski definition) is 9. The van der Waals surface area contributed by atoms with Gasteiger partial charge in [-0.1, -0.05) is 0 Å². The van der Waals surface area contributed by atoms with Crippen LogP contribution in [0.3, 0.4) is 0 Å². The van der Waals surface area contributed by atoms with Crippen molar-refractivity contribution in [3.63, 3.8) is 0 Å². The van der Waals surface area contributed by atoms with Gasteiger partial charge in [-0.3, -0.25) is 0 Å². The summed E-state index contributed by atoms with van der Waals surface area (Å²) in [6, 6.07) is 0. The Morgan fingerprint density at radius 2 is 0.622 bits per heavy atom. The summed E-state index contributed by atoms with van der Waals surface area (Å²) < 4.78 is 43.7. The fourth-order valence-electron chi connectivity index (χ4n) is 2.65. The van der Waals surface area contributed by atoms with Crippen LogP contribution in [-0.2, 0) is 18.3 Å². The van der Waals surface area contributed by atoms with Crippen LogP contribution in [0.5, 0.6) is 0 Å². The first-order valence-electron chi connectivity index (χ1n) is 8.15. The average Bonchev–Trinajstić information content (AvgIpc) is 2.34. The van der Waals surface area contributed by atoms with Crippen LogP contribution in [0.25, 0.3) is 0 Å². The normalized spacial score (nSPS) is 17.4. The standard InChI is InChI=1S/C10H28N2O12P4.8H2O.Sr/c13-25(14,15)7-11(8-26(16,17)18)5-3-1-2-4-6-12(9-27(19,20)21)10-28(22,23)24;;;;;;;;;/h1-10H2,(H2,13,14,15)(H2,16,17,18)(H2,19,20,21)(H2,22,23,24);8*1H2;/q;;;;;;;;;+2/p-3. The molecule has 0 radical (unpaired) electrons. The number of hydrogen-bond donors (Lipinski definition) is 6. The van der Waals surface area contributed by atoms with Crippen LogP contribution in [0.1, 0.15) is 25.7 Å². The van der Waals surface area contributed by atoms with E-state index in [9.17, 15) is 37.8 Å². The Hall–Kier alpha value is 1.68. The molecule has 37 heavy (non-hydrogen) atoms. The number of nitrogens with one attached hydrogen (secondary N) is 2. The molecule has 4 atom stereocenters. The fraction of sp³-hybridized carbons (Fsp3) is 1.00. The van der Waals surface area contributed by atoms with Crippen LogP contribution in [-0.4, -0.2) is 147 Å². The van der Waals surface area contributed by atoms with Gasteiger partial charge in [-0.15, -0.1) is 0 Å². The second kappa shape index (κ2) is 29.2. The molecular weight excluding hydrogens is 680 g/mol. The van der Waals surface area contributed by atoms with Crippen LogP contribution in [0, 0.1) is 0 Å². The van der Waals surface area contributed by atoms with Crippen LogP contribution < -0.4 is 29.4 Å². The maximum atomic E-state index is 10.9. The van der Waals surface area contributed by atoms with E-state index in [1.54, 1.807) is 0 Å². The SMILES string of the molecule is O.O.O.O.O.O.O.O=P([O-])(O)C[NH+](CCCCCC[NH+](CP(=O)([O-])O)CP(=O)([O-])O)CP(=O)([O-])O.[OH-].[Sr+2]. The summed E-state index contributed by atoms with van der Waals surface area (Å²) in [6.07, 6.45) is -2.00. The van der Waals surface area contributed by atoms with E-state index in [0.29, 0.717) is 25.7 Å². The van der Waals surface area contributed by atoms with Gasteiger partial charge >= 0.3 is 45.5 Å². The van der Waals surface area contributed by atoms with E-state index in [1.165, 1.54) is 0 Å². The predicted octanol–water partition coefficient (Wildman–Crippen LogP) is -12.0. The van der Waals surface area contributed by atoms with Crippen molar-refractivity contribution in [1.29, 1.82) is 0 Å². The molecule has 0 heterocycles. The zero-order valence-electron chi connectivity index (χ0n) is 19.6. The minimum absolute atomic E-state index is 0. The fourth-order valence-corrected chi connectivity index (χ4v) is 6.34. The molecule has 0 saturated carbocycles. The molecule has 0 rings (SSSR count). The molecule has 0 aromatic heterocycles. The van der Waals surface area contributed by atoms with Crippen molar-refractivity contribution in [2.24, 2.45) is 0 Å². The molecule has 0 aromatic rings. The van der Waals surface area contributed by atoms with Crippen LogP contribution >= 0.6 is 30.4 Å². The van der Waals surface area contributed by atoms with Crippen LogP contribution in [0.4, 0.5) is 0 Å². The van der Waals surface area contributed by atoms with Gasteiger partial charge in [0.15, 0.2) is 30.4 Å². The Morgan fingerprint density at radius 1 is 0.459 bits per heavy atom. The summed E-state index contributed by atoms with van der Waals surface area (Å²) in [6.45, 7) is 0.0178. The number of rotatable bonds is 15. The Balaban J connectivity index is -0.000000101. The number of quaternary nitrogens is 2. The van der Waals surface area contributed by atoms with Gasteiger partial charge in [0.25, 0.3) is 0 Å². The van der Waals surface area contributed by atoms with Crippen molar-refractivity contribution < 1.29 is 111 Å². The summed E-state index contributed by atoms with van der Waals surface area (Å²) >= 11 is 0. The zero-order valence-corrected chi connectivity index (χ0v) is 26.6. The zero-order chi connectivity index (χ0) is 22.2. The second-order valence-corrected chi connectivity index (χ2v) is 13.0. The first-order valence-corrected chi connectivity index (χ1v) is 15.2. The van der Waals surface area contributed by atoms with Gasteiger partial charge < -0.3 is 111 Å². The van der Waals surface area contributed by atoms with Gasteiger partial charge in [0, 0.05) is 0 Å². The molecule has 0 bridgehead atoms. The monoisotopic (exact) mass is 721 g/mol. The Labute approximate surface area is 249 Å². The van der Waals surface area contributed by atoms with Crippen molar-refractivity contribution in [2.45, 2.75) is 25.7 Å². The maximum Gasteiger partial charge on any atom is 2.00 e. The first kappa shape index (κ1) is 66.8. The smallest absolute Gasteiger partial charge is 0.870 e. The topological polar surface area (TPSA) is 501 Å². The van der Waals surface area contributed by atoms with Crippen molar-refractivity contribution in [3.8, 4) is 0 Å². The predicted molar refractivity (Wildman–Crippen MR) is 122 cm³/mol. The van der Waals surface area contributed by atoms with E-state index < -0.39 is 55.5 Å². The van der Waals surface area contributed by atoms with Crippen molar-refractivity contribution in [1.82, 2.24) is 0 Å². The van der Waals surface area contributed by atoms with E-state index >= 15 is 0 Å². The molecule has 0 aliphatic carbocycles. The summed E-state index contributed by atoms with van der Waals surface area (Å²) in [7, 11) is -19.0. The molecule has 0 aromatic carbocycles. The molecule has 0 saturated heterocycles. The van der Waals surface area contributed by atoms with Gasteiger partial charge in [0.2, 0.25) is 0 Å². The van der Waals surface area contributed by atoms with Crippen molar-refractivity contribution in [3.05, 3.63) is 0 Å². The Bertz CT molecular complexity index is 562. The molecule has 0 fully saturated rings. The molecule has 0 spiro atoms. The molecule has 27 heteroatoms. The summed E-state index contributed by atoms with van der Waals surface area (Å²) in [5.41, 5.74) is 0. The average molecular weight is 721 g/mol. The minimum atomic E-state index is -4.74. The second-order valence-electron chi connectivity index (χ2n) is 6.60. The molecule has 0 aliphatic heterocycles.